The summed E-state index contributed by atoms with van der Waals surface area (Å²) in [4.78, 5) is 1.86. The molecule has 0 amide bonds. The lowest BCUT2D eigenvalue weighted by atomic mass is 10.0. The van der Waals surface area contributed by atoms with E-state index in [0.29, 0.717) is 11.7 Å². The van der Waals surface area contributed by atoms with Gasteiger partial charge in [0.2, 0.25) is 0 Å². The van der Waals surface area contributed by atoms with Crippen LogP contribution >= 0.6 is 0 Å². The van der Waals surface area contributed by atoms with Crippen LogP contribution < -0.4 is 4.90 Å². The van der Waals surface area contributed by atoms with Crippen molar-refractivity contribution in [2.75, 3.05) is 11.9 Å². The Bertz CT molecular complexity index is 620. The lowest BCUT2D eigenvalue weighted by Gasteiger charge is -2.27. The van der Waals surface area contributed by atoms with Crippen molar-refractivity contribution in [3.63, 3.8) is 0 Å². The molecule has 0 bridgehead atoms. The second-order valence-electron chi connectivity index (χ2n) is 5.57. The van der Waals surface area contributed by atoms with E-state index >= 15 is 0 Å². The number of rotatable bonds is 4. The highest BCUT2D eigenvalue weighted by atomic mass is 19.4. The molecule has 1 atom stereocenters. The summed E-state index contributed by atoms with van der Waals surface area (Å²) in [5, 5.41) is 10.7. The van der Waals surface area contributed by atoms with Gasteiger partial charge >= 0.3 is 6.18 Å². The Morgan fingerprint density at radius 1 is 1.19 bits per heavy atom. The summed E-state index contributed by atoms with van der Waals surface area (Å²) >= 11 is 0. The van der Waals surface area contributed by atoms with Crippen LogP contribution in [0.5, 0.6) is 0 Å². The topological polar surface area (TPSA) is 46.3 Å². The van der Waals surface area contributed by atoms with Crippen LogP contribution in [0.25, 0.3) is 5.65 Å². The third kappa shape index (κ3) is 3.25. The summed E-state index contributed by atoms with van der Waals surface area (Å²) in [5.74, 6) is -0.156. The number of hydrogen-bond acceptors (Lipinski definition) is 4. The van der Waals surface area contributed by atoms with Gasteiger partial charge < -0.3 is 4.90 Å². The van der Waals surface area contributed by atoms with Gasteiger partial charge in [-0.1, -0.05) is 13.8 Å². The van der Waals surface area contributed by atoms with Gasteiger partial charge in [0.15, 0.2) is 5.65 Å². The summed E-state index contributed by atoms with van der Waals surface area (Å²) < 4.78 is 39.3. The number of nitrogens with zero attached hydrogens (tertiary/aromatic N) is 5. The molecular formula is C13H18F3N5. The second-order valence-corrected chi connectivity index (χ2v) is 5.57. The second kappa shape index (κ2) is 5.50. The molecule has 0 N–H and O–H groups in total. The summed E-state index contributed by atoms with van der Waals surface area (Å²) in [6.07, 6.45) is -3.66. The minimum atomic E-state index is -4.58. The Morgan fingerprint density at radius 3 is 2.43 bits per heavy atom. The summed E-state index contributed by atoms with van der Waals surface area (Å²) in [6, 6.07) is 3.31. The molecule has 2 rings (SSSR count). The zero-order valence-electron chi connectivity index (χ0n) is 12.4. The molecule has 116 valence electrons. The molecule has 0 radical (unpaired) electrons. The molecule has 0 aromatic carbocycles. The van der Waals surface area contributed by atoms with E-state index in [4.69, 9.17) is 0 Å². The third-order valence-electron chi connectivity index (χ3n) is 3.34. The van der Waals surface area contributed by atoms with Crippen LogP contribution in [0.4, 0.5) is 19.0 Å². The number of halogens is 3. The van der Waals surface area contributed by atoms with E-state index < -0.39 is 12.0 Å². The molecule has 21 heavy (non-hydrogen) atoms. The van der Waals surface area contributed by atoms with Gasteiger partial charge in [-0.15, -0.1) is 15.3 Å². The summed E-state index contributed by atoms with van der Waals surface area (Å²) in [6.45, 7) is 6.22. The zero-order valence-corrected chi connectivity index (χ0v) is 12.4. The predicted octanol–water partition coefficient (Wildman–Crippen LogP) is 3.01. The summed E-state index contributed by atoms with van der Waals surface area (Å²) in [5.41, 5.74) is 0.0796. The van der Waals surface area contributed by atoms with E-state index in [-0.39, 0.29) is 11.7 Å². The van der Waals surface area contributed by atoms with E-state index in [1.54, 1.807) is 6.07 Å². The molecule has 0 fully saturated rings. The molecule has 1 unspecified atom stereocenters. The SMILES string of the molecule is CC(C)CC(C)N(C)c1ccc2nnc(C(F)(F)F)n2n1. The first-order valence-corrected chi connectivity index (χ1v) is 6.72. The van der Waals surface area contributed by atoms with Crippen molar-refractivity contribution < 1.29 is 13.2 Å². The molecule has 2 aromatic rings. The lowest BCUT2D eigenvalue weighted by Crippen LogP contribution is -2.31. The van der Waals surface area contributed by atoms with Crippen LogP contribution in [-0.4, -0.2) is 32.9 Å². The minimum Gasteiger partial charge on any atom is -0.356 e. The first kappa shape index (κ1) is 15.5. The standard InChI is InChI=1S/C13H18F3N5/c1-8(2)7-9(3)20(4)11-6-5-10-17-18-12(13(14,15)16)21(10)19-11/h5-6,8-9H,7H2,1-4H3. The van der Waals surface area contributed by atoms with Crippen molar-refractivity contribution >= 4 is 11.5 Å². The van der Waals surface area contributed by atoms with Crippen LogP contribution in [0.1, 0.15) is 33.0 Å². The Balaban J connectivity index is 2.38. The van der Waals surface area contributed by atoms with Crippen molar-refractivity contribution in [3.8, 4) is 0 Å². The fraction of sp³-hybridized carbons (Fsp3) is 0.615. The molecule has 5 nitrogen and oxygen atoms in total. The Hall–Kier alpha value is -1.86. The van der Waals surface area contributed by atoms with Crippen molar-refractivity contribution in [1.82, 2.24) is 19.8 Å². The largest absolute Gasteiger partial charge is 0.453 e. The fourth-order valence-corrected chi connectivity index (χ4v) is 2.21. The van der Waals surface area contributed by atoms with Crippen LogP contribution in [0, 0.1) is 5.92 Å². The molecule has 0 saturated carbocycles. The Labute approximate surface area is 120 Å². The smallest absolute Gasteiger partial charge is 0.356 e. The summed E-state index contributed by atoms with van der Waals surface area (Å²) in [7, 11) is 1.82. The number of alkyl halides is 3. The lowest BCUT2D eigenvalue weighted by molar-refractivity contribution is -0.146. The first-order chi connectivity index (χ1) is 9.70. The molecular weight excluding hydrogens is 283 g/mol. The maximum Gasteiger partial charge on any atom is 0.453 e. The predicted molar refractivity (Wildman–Crippen MR) is 73.1 cm³/mol. The van der Waals surface area contributed by atoms with Gasteiger partial charge in [0, 0.05) is 13.1 Å². The third-order valence-corrected chi connectivity index (χ3v) is 3.34. The number of aromatic nitrogens is 4. The van der Waals surface area contributed by atoms with Gasteiger partial charge in [-0.25, -0.2) is 0 Å². The van der Waals surface area contributed by atoms with Gasteiger partial charge in [-0.2, -0.15) is 17.7 Å². The fourth-order valence-electron chi connectivity index (χ4n) is 2.21. The van der Waals surface area contributed by atoms with Crippen molar-refractivity contribution in [2.45, 2.75) is 39.4 Å². The molecule has 2 heterocycles. The molecule has 0 spiro atoms. The van der Waals surface area contributed by atoms with Crippen molar-refractivity contribution in [1.29, 1.82) is 0 Å². The molecule has 0 saturated heterocycles. The number of fused-ring (bicyclic) bond motifs is 1. The van der Waals surface area contributed by atoms with Gasteiger partial charge in [0.05, 0.1) is 0 Å². The van der Waals surface area contributed by atoms with E-state index in [0.717, 1.165) is 10.9 Å². The Morgan fingerprint density at radius 2 is 1.86 bits per heavy atom. The van der Waals surface area contributed by atoms with E-state index in [1.807, 2.05) is 18.9 Å². The van der Waals surface area contributed by atoms with Gasteiger partial charge in [0.25, 0.3) is 5.82 Å². The molecule has 8 heteroatoms. The van der Waals surface area contributed by atoms with Gasteiger partial charge in [-0.3, -0.25) is 0 Å². The highest BCUT2D eigenvalue weighted by Gasteiger charge is 2.37. The molecule has 0 aliphatic rings. The monoisotopic (exact) mass is 301 g/mol. The maximum absolute atomic E-state index is 12.8. The zero-order chi connectivity index (χ0) is 15.8. The van der Waals surface area contributed by atoms with Crippen molar-refractivity contribution in [3.05, 3.63) is 18.0 Å². The average molecular weight is 301 g/mol. The highest BCUT2D eigenvalue weighted by Crippen LogP contribution is 2.28. The van der Waals surface area contributed by atoms with Crippen LogP contribution in [0.2, 0.25) is 0 Å². The number of anilines is 1. The Kier molecular flexibility index (Phi) is 4.06. The van der Waals surface area contributed by atoms with Crippen LogP contribution in [0.15, 0.2) is 12.1 Å². The molecule has 2 aromatic heterocycles. The highest BCUT2D eigenvalue weighted by molar-refractivity contribution is 5.46. The molecule has 0 aliphatic carbocycles. The maximum atomic E-state index is 12.8. The van der Waals surface area contributed by atoms with E-state index in [9.17, 15) is 13.2 Å². The van der Waals surface area contributed by atoms with Crippen LogP contribution in [0.3, 0.4) is 0 Å². The van der Waals surface area contributed by atoms with Crippen LogP contribution in [-0.2, 0) is 6.18 Å². The average Bonchev–Trinajstić information content (AvgIpc) is 2.79. The first-order valence-electron chi connectivity index (χ1n) is 6.72. The van der Waals surface area contributed by atoms with Gasteiger partial charge in [0.1, 0.15) is 5.82 Å². The quantitative estimate of drug-likeness (QED) is 0.871. The van der Waals surface area contributed by atoms with E-state index in [2.05, 4.69) is 29.1 Å². The normalized spacial score (nSPS) is 13.9. The van der Waals surface area contributed by atoms with Gasteiger partial charge in [-0.05, 0) is 31.4 Å². The molecule has 0 aliphatic heterocycles. The van der Waals surface area contributed by atoms with E-state index in [1.165, 1.54) is 6.07 Å². The number of hydrogen-bond donors (Lipinski definition) is 0. The minimum absolute atomic E-state index is 0.0796. The van der Waals surface area contributed by atoms with Crippen molar-refractivity contribution in [2.24, 2.45) is 5.92 Å².